The van der Waals surface area contributed by atoms with E-state index in [9.17, 15) is 0 Å². The van der Waals surface area contributed by atoms with Crippen LogP contribution >= 0.6 is 0 Å². The van der Waals surface area contributed by atoms with Crippen LogP contribution in [0.3, 0.4) is 0 Å². The molecule has 0 fully saturated rings. The lowest BCUT2D eigenvalue weighted by Crippen LogP contribution is -2.16. The van der Waals surface area contributed by atoms with Crippen molar-refractivity contribution < 1.29 is 4.74 Å². The number of rotatable bonds is 4. The van der Waals surface area contributed by atoms with Gasteiger partial charge in [0.15, 0.2) is 0 Å². The molecular formula is C18H18N2O. The Morgan fingerprint density at radius 1 is 1.05 bits per heavy atom. The molecule has 3 aromatic rings. The zero-order valence-electron chi connectivity index (χ0n) is 12.0. The third-order valence-corrected chi connectivity index (χ3v) is 3.64. The summed E-state index contributed by atoms with van der Waals surface area (Å²) in [5, 5.41) is 2.47. The van der Waals surface area contributed by atoms with Gasteiger partial charge in [0, 0.05) is 6.20 Å². The summed E-state index contributed by atoms with van der Waals surface area (Å²) >= 11 is 0. The molecule has 0 aliphatic rings. The molecule has 0 aliphatic carbocycles. The number of hydrogen-bond acceptors (Lipinski definition) is 3. The summed E-state index contributed by atoms with van der Waals surface area (Å²) in [5.41, 5.74) is 8.31. The lowest BCUT2D eigenvalue weighted by molar-refractivity contribution is 0.401. The average molecular weight is 278 g/mol. The van der Waals surface area contributed by atoms with Gasteiger partial charge in [-0.05, 0) is 34.9 Å². The van der Waals surface area contributed by atoms with Crippen LogP contribution in [0.5, 0.6) is 5.75 Å². The van der Waals surface area contributed by atoms with Crippen molar-refractivity contribution in [2.45, 2.75) is 12.5 Å². The van der Waals surface area contributed by atoms with E-state index in [1.54, 1.807) is 13.3 Å². The maximum atomic E-state index is 6.30. The monoisotopic (exact) mass is 278 g/mol. The predicted molar refractivity (Wildman–Crippen MR) is 85.4 cm³/mol. The van der Waals surface area contributed by atoms with Gasteiger partial charge < -0.3 is 10.5 Å². The van der Waals surface area contributed by atoms with E-state index in [1.807, 2.05) is 24.3 Å². The van der Waals surface area contributed by atoms with Crippen LogP contribution in [0.25, 0.3) is 10.8 Å². The number of pyridine rings is 1. The first-order chi connectivity index (χ1) is 10.3. The summed E-state index contributed by atoms with van der Waals surface area (Å²) in [7, 11) is 1.64. The SMILES string of the molecule is COc1cccnc1C(N)Cc1ccc2ccccc2c1. The van der Waals surface area contributed by atoms with Crippen LogP contribution in [-0.4, -0.2) is 12.1 Å². The van der Waals surface area contributed by atoms with Crippen molar-refractivity contribution in [3.8, 4) is 5.75 Å². The van der Waals surface area contributed by atoms with Gasteiger partial charge in [-0.1, -0.05) is 42.5 Å². The molecule has 1 unspecified atom stereocenters. The molecule has 3 nitrogen and oxygen atoms in total. The fraction of sp³-hybridized carbons (Fsp3) is 0.167. The molecule has 0 radical (unpaired) electrons. The van der Waals surface area contributed by atoms with Gasteiger partial charge in [-0.2, -0.15) is 0 Å². The largest absolute Gasteiger partial charge is 0.495 e. The minimum atomic E-state index is -0.178. The van der Waals surface area contributed by atoms with E-state index >= 15 is 0 Å². The first-order valence-corrected chi connectivity index (χ1v) is 7.00. The number of hydrogen-bond donors (Lipinski definition) is 1. The van der Waals surface area contributed by atoms with Crippen molar-refractivity contribution in [3.63, 3.8) is 0 Å². The average Bonchev–Trinajstić information content (AvgIpc) is 2.54. The second kappa shape index (κ2) is 5.94. The summed E-state index contributed by atoms with van der Waals surface area (Å²) in [4.78, 5) is 4.36. The predicted octanol–water partition coefficient (Wildman–Crippen LogP) is 3.49. The van der Waals surface area contributed by atoms with Crippen molar-refractivity contribution in [1.29, 1.82) is 0 Å². The molecule has 1 aromatic heterocycles. The number of nitrogens with two attached hydrogens (primary N) is 1. The highest BCUT2D eigenvalue weighted by Crippen LogP contribution is 2.24. The summed E-state index contributed by atoms with van der Waals surface area (Å²) in [6.45, 7) is 0. The van der Waals surface area contributed by atoms with Gasteiger partial charge in [-0.3, -0.25) is 4.98 Å². The molecule has 21 heavy (non-hydrogen) atoms. The minimum Gasteiger partial charge on any atom is -0.495 e. The van der Waals surface area contributed by atoms with Crippen molar-refractivity contribution in [2.75, 3.05) is 7.11 Å². The summed E-state index contributed by atoms with van der Waals surface area (Å²) in [6, 6.07) is 18.3. The summed E-state index contributed by atoms with van der Waals surface area (Å²) < 4.78 is 5.33. The summed E-state index contributed by atoms with van der Waals surface area (Å²) in [6.07, 6.45) is 2.48. The normalized spacial score (nSPS) is 12.3. The Hall–Kier alpha value is -2.39. The van der Waals surface area contributed by atoms with Crippen LogP contribution < -0.4 is 10.5 Å². The third-order valence-electron chi connectivity index (χ3n) is 3.64. The molecule has 0 aliphatic heterocycles. The molecule has 0 saturated heterocycles. The fourth-order valence-corrected chi connectivity index (χ4v) is 2.57. The van der Waals surface area contributed by atoms with Crippen molar-refractivity contribution in [1.82, 2.24) is 4.98 Å². The van der Waals surface area contributed by atoms with Crippen molar-refractivity contribution in [2.24, 2.45) is 5.73 Å². The Morgan fingerprint density at radius 2 is 1.86 bits per heavy atom. The van der Waals surface area contributed by atoms with Gasteiger partial charge in [0.25, 0.3) is 0 Å². The molecule has 3 heteroatoms. The maximum absolute atomic E-state index is 6.30. The minimum absolute atomic E-state index is 0.178. The number of benzene rings is 2. The van der Waals surface area contributed by atoms with Gasteiger partial charge >= 0.3 is 0 Å². The van der Waals surface area contributed by atoms with Crippen LogP contribution in [0.1, 0.15) is 17.3 Å². The van der Waals surface area contributed by atoms with Crippen LogP contribution in [0.2, 0.25) is 0 Å². The highest BCUT2D eigenvalue weighted by molar-refractivity contribution is 5.83. The van der Waals surface area contributed by atoms with Crippen LogP contribution in [0, 0.1) is 0 Å². The Morgan fingerprint density at radius 3 is 2.67 bits per heavy atom. The molecule has 106 valence electrons. The maximum Gasteiger partial charge on any atom is 0.141 e. The Kier molecular flexibility index (Phi) is 3.84. The van der Waals surface area contributed by atoms with Crippen LogP contribution in [0.15, 0.2) is 60.8 Å². The first kappa shape index (κ1) is 13.6. The number of fused-ring (bicyclic) bond motifs is 1. The highest BCUT2D eigenvalue weighted by atomic mass is 16.5. The van der Waals surface area contributed by atoms with Crippen molar-refractivity contribution in [3.05, 3.63) is 72.1 Å². The molecule has 1 heterocycles. The van der Waals surface area contributed by atoms with Gasteiger partial charge in [0.1, 0.15) is 5.75 Å². The number of aromatic nitrogens is 1. The van der Waals surface area contributed by atoms with Gasteiger partial charge in [0.05, 0.1) is 18.8 Å². The van der Waals surface area contributed by atoms with Gasteiger partial charge in [0.2, 0.25) is 0 Å². The molecule has 2 N–H and O–H groups in total. The zero-order valence-corrected chi connectivity index (χ0v) is 12.0. The van der Waals surface area contributed by atoms with E-state index in [-0.39, 0.29) is 6.04 Å². The number of nitrogens with zero attached hydrogens (tertiary/aromatic N) is 1. The smallest absolute Gasteiger partial charge is 0.141 e. The van der Waals surface area contributed by atoms with E-state index < -0.39 is 0 Å². The third kappa shape index (κ3) is 2.88. The van der Waals surface area contributed by atoms with E-state index in [0.29, 0.717) is 0 Å². The molecular weight excluding hydrogens is 260 g/mol. The molecule has 0 amide bonds. The van der Waals surface area contributed by atoms with Crippen molar-refractivity contribution >= 4 is 10.8 Å². The Bertz CT molecular complexity index is 755. The molecule has 0 saturated carbocycles. The molecule has 3 rings (SSSR count). The lowest BCUT2D eigenvalue weighted by atomic mass is 10.00. The molecule has 2 aromatic carbocycles. The van der Waals surface area contributed by atoms with Gasteiger partial charge in [-0.25, -0.2) is 0 Å². The molecule has 0 spiro atoms. The topological polar surface area (TPSA) is 48.1 Å². The Balaban J connectivity index is 1.87. The second-order valence-electron chi connectivity index (χ2n) is 5.08. The van der Waals surface area contributed by atoms with Crippen LogP contribution in [-0.2, 0) is 6.42 Å². The van der Waals surface area contributed by atoms with E-state index in [2.05, 4.69) is 35.3 Å². The van der Waals surface area contributed by atoms with Gasteiger partial charge in [-0.15, -0.1) is 0 Å². The first-order valence-electron chi connectivity index (χ1n) is 7.00. The van der Waals surface area contributed by atoms with Crippen LogP contribution in [0.4, 0.5) is 0 Å². The zero-order chi connectivity index (χ0) is 14.7. The Labute approximate surface area is 124 Å². The van der Waals surface area contributed by atoms with E-state index in [1.165, 1.54) is 16.3 Å². The summed E-state index contributed by atoms with van der Waals surface area (Å²) in [5.74, 6) is 0.741. The van der Waals surface area contributed by atoms with E-state index in [0.717, 1.165) is 17.9 Å². The highest BCUT2D eigenvalue weighted by Gasteiger charge is 2.13. The number of methoxy groups -OCH3 is 1. The van der Waals surface area contributed by atoms with E-state index in [4.69, 9.17) is 10.5 Å². The number of ether oxygens (including phenoxy) is 1. The fourth-order valence-electron chi connectivity index (χ4n) is 2.57. The second-order valence-corrected chi connectivity index (χ2v) is 5.08. The standard InChI is InChI=1S/C18H18N2O/c1-21-17-7-4-10-20-18(17)16(19)12-13-8-9-14-5-2-3-6-15(14)11-13/h2-11,16H,12,19H2,1H3. The molecule has 1 atom stereocenters. The molecule has 0 bridgehead atoms. The lowest BCUT2D eigenvalue weighted by Gasteiger charge is -2.14. The quantitative estimate of drug-likeness (QED) is 0.794.